The van der Waals surface area contributed by atoms with Gasteiger partial charge in [0.05, 0.1) is 17.8 Å². The SMILES string of the molecule is Clc1ccccc1-c1cnc(CN2CCC(c3nn[nH]n3)C2)o1. The summed E-state index contributed by atoms with van der Waals surface area (Å²) >= 11 is 6.19. The molecule has 2 aromatic heterocycles. The van der Waals surface area contributed by atoms with Crippen molar-refractivity contribution < 1.29 is 4.42 Å². The Bertz CT molecular complexity index is 787. The maximum atomic E-state index is 6.19. The molecule has 1 N–H and O–H groups in total. The average molecular weight is 331 g/mol. The van der Waals surface area contributed by atoms with Crippen LogP contribution in [-0.2, 0) is 6.54 Å². The Hall–Kier alpha value is -2.25. The van der Waals surface area contributed by atoms with Crippen molar-refractivity contribution in [1.29, 1.82) is 0 Å². The highest BCUT2D eigenvalue weighted by atomic mass is 35.5. The van der Waals surface area contributed by atoms with E-state index in [1.54, 1.807) is 6.20 Å². The monoisotopic (exact) mass is 330 g/mol. The number of halogens is 1. The van der Waals surface area contributed by atoms with E-state index < -0.39 is 0 Å². The Kier molecular flexibility index (Phi) is 3.80. The van der Waals surface area contributed by atoms with Gasteiger partial charge in [-0.1, -0.05) is 28.9 Å². The quantitative estimate of drug-likeness (QED) is 0.791. The van der Waals surface area contributed by atoms with E-state index in [1.807, 2.05) is 24.3 Å². The van der Waals surface area contributed by atoms with Crippen LogP contribution in [0.2, 0.25) is 5.02 Å². The van der Waals surface area contributed by atoms with Gasteiger partial charge < -0.3 is 4.42 Å². The van der Waals surface area contributed by atoms with E-state index in [-0.39, 0.29) is 0 Å². The van der Waals surface area contributed by atoms with Crippen molar-refractivity contribution in [3.63, 3.8) is 0 Å². The molecule has 0 radical (unpaired) electrons. The highest BCUT2D eigenvalue weighted by Crippen LogP contribution is 2.29. The second-order valence-electron chi connectivity index (χ2n) is 5.59. The van der Waals surface area contributed by atoms with Gasteiger partial charge in [-0.15, -0.1) is 10.2 Å². The minimum Gasteiger partial charge on any atom is -0.439 e. The van der Waals surface area contributed by atoms with E-state index in [2.05, 4.69) is 30.5 Å². The van der Waals surface area contributed by atoms with Crippen molar-refractivity contribution in [2.75, 3.05) is 13.1 Å². The number of nitrogens with one attached hydrogen (secondary N) is 1. The Balaban J connectivity index is 1.44. The number of aromatic nitrogens is 5. The number of H-pyrrole nitrogens is 1. The first kappa shape index (κ1) is 14.3. The fraction of sp³-hybridized carbons (Fsp3) is 0.333. The summed E-state index contributed by atoms with van der Waals surface area (Å²) in [5.74, 6) is 2.47. The van der Waals surface area contributed by atoms with Crippen LogP contribution < -0.4 is 0 Å². The van der Waals surface area contributed by atoms with Crippen molar-refractivity contribution in [2.24, 2.45) is 0 Å². The zero-order chi connectivity index (χ0) is 15.6. The number of benzene rings is 1. The highest BCUT2D eigenvalue weighted by Gasteiger charge is 2.27. The summed E-state index contributed by atoms with van der Waals surface area (Å²) < 4.78 is 5.85. The van der Waals surface area contributed by atoms with Gasteiger partial charge in [0, 0.05) is 18.0 Å². The van der Waals surface area contributed by atoms with Crippen LogP contribution in [0.15, 0.2) is 34.9 Å². The van der Waals surface area contributed by atoms with Crippen molar-refractivity contribution in [1.82, 2.24) is 30.5 Å². The fourth-order valence-electron chi connectivity index (χ4n) is 2.89. The Morgan fingerprint density at radius 2 is 2.26 bits per heavy atom. The third kappa shape index (κ3) is 2.97. The van der Waals surface area contributed by atoms with Crippen LogP contribution >= 0.6 is 11.6 Å². The third-order valence-electron chi connectivity index (χ3n) is 4.05. The van der Waals surface area contributed by atoms with E-state index in [1.165, 1.54) is 0 Å². The van der Waals surface area contributed by atoms with Gasteiger partial charge in [-0.25, -0.2) is 4.98 Å². The van der Waals surface area contributed by atoms with Gasteiger partial charge in [0.2, 0.25) is 5.89 Å². The smallest absolute Gasteiger partial charge is 0.209 e. The summed E-state index contributed by atoms with van der Waals surface area (Å²) in [6.07, 6.45) is 2.74. The molecule has 1 unspecified atom stereocenters. The van der Waals surface area contributed by atoms with Crippen LogP contribution in [-0.4, -0.2) is 43.6 Å². The predicted octanol–water partition coefficient (Wildman–Crippen LogP) is 2.50. The second-order valence-corrected chi connectivity index (χ2v) is 6.00. The summed E-state index contributed by atoms with van der Waals surface area (Å²) in [7, 11) is 0. The first-order valence-corrected chi connectivity index (χ1v) is 7.82. The highest BCUT2D eigenvalue weighted by molar-refractivity contribution is 6.33. The number of likely N-dealkylation sites (tertiary alicyclic amines) is 1. The number of tetrazole rings is 1. The topological polar surface area (TPSA) is 83.7 Å². The molecular formula is C15H15ClN6O. The lowest BCUT2D eigenvalue weighted by atomic mass is 10.1. The van der Waals surface area contributed by atoms with Gasteiger partial charge in [-0.05, 0) is 25.1 Å². The minimum atomic E-state index is 0.312. The first-order valence-electron chi connectivity index (χ1n) is 7.45. The largest absolute Gasteiger partial charge is 0.439 e. The van der Waals surface area contributed by atoms with E-state index >= 15 is 0 Å². The molecule has 118 valence electrons. The molecule has 3 heterocycles. The molecule has 0 amide bonds. The number of hydrogen-bond donors (Lipinski definition) is 1. The Morgan fingerprint density at radius 3 is 3.09 bits per heavy atom. The van der Waals surface area contributed by atoms with Gasteiger partial charge in [0.25, 0.3) is 0 Å². The molecule has 0 bridgehead atoms. The maximum Gasteiger partial charge on any atom is 0.209 e. The Morgan fingerprint density at radius 1 is 1.35 bits per heavy atom. The predicted molar refractivity (Wildman–Crippen MR) is 83.8 cm³/mol. The molecule has 7 nitrogen and oxygen atoms in total. The molecule has 3 aromatic rings. The van der Waals surface area contributed by atoms with Gasteiger partial charge >= 0.3 is 0 Å². The summed E-state index contributed by atoms with van der Waals surface area (Å²) in [6.45, 7) is 2.51. The van der Waals surface area contributed by atoms with E-state index in [4.69, 9.17) is 16.0 Å². The summed E-state index contributed by atoms with van der Waals surface area (Å²) in [5, 5.41) is 14.9. The lowest BCUT2D eigenvalue weighted by Crippen LogP contribution is -2.20. The molecular weight excluding hydrogens is 316 g/mol. The number of rotatable bonds is 4. The summed E-state index contributed by atoms with van der Waals surface area (Å²) in [6, 6.07) is 7.59. The summed E-state index contributed by atoms with van der Waals surface area (Å²) in [5.41, 5.74) is 0.860. The Labute approximate surface area is 137 Å². The number of oxazole rings is 1. The lowest BCUT2D eigenvalue weighted by Gasteiger charge is -2.12. The van der Waals surface area contributed by atoms with E-state index in [0.717, 1.165) is 30.9 Å². The first-order chi connectivity index (χ1) is 11.3. The molecule has 0 saturated carbocycles. The normalized spacial score (nSPS) is 18.6. The van der Waals surface area contributed by atoms with Crippen molar-refractivity contribution in [2.45, 2.75) is 18.9 Å². The standard InChI is InChI=1S/C15H15ClN6O/c16-12-4-2-1-3-11(12)13-7-17-14(23-13)9-22-6-5-10(8-22)15-18-20-21-19-15/h1-4,7,10H,5-6,8-9H2,(H,18,19,20,21). The van der Waals surface area contributed by atoms with Gasteiger partial charge in [-0.3, -0.25) is 4.90 Å². The van der Waals surface area contributed by atoms with E-state index in [9.17, 15) is 0 Å². The molecule has 23 heavy (non-hydrogen) atoms. The van der Waals surface area contributed by atoms with Crippen LogP contribution in [0.4, 0.5) is 0 Å². The zero-order valence-electron chi connectivity index (χ0n) is 12.3. The van der Waals surface area contributed by atoms with Gasteiger partial charge in [0.1, 0.15) is 0 Å². The molecule has 1 aromatic carbocycles. The molecule has 0 spiro atoms. The fourth-order valence-corrected chi connectivity index (χ4v) is 3.12. The molecule has 1 saturated heterocycles. The molecule has 8 heteroatoms. The van der Waals surface area contributed by atoms with Crippen molar-refractivity contribution in [3.8, 4) is 11.3 Å². The maximum absolute atomic E-state index is 6.19. The van der Waals surface area contributed by atoms with Crippen molar-refractivity contribution in [3.05, 3.63) is 47.2 Å². The van der Waals surface area contributed by atoms with Crippen LogP contribution in [0.25, 0.3) is 11.3 Å². The molecule has 1 aliphatic heterocycles. The molecule has 4 rings (SSSR count). The van der Waals surface area contributed by atoms with E-state index in [0.29, 0.717) is 29.1 Å². The van der Waals surface area contributed by atoms with Crippen LogP contribution in [0.5, 0.6) is 0 Å². The number of aromatic amines is 1. The molecule has 1 fully saturated rings. The van der Waals surface area contributed by atoms with Crippen LogP contribution in [0.3, 0.4) is 0 Å². The third-order valence-corrected chi connectivity index (χ3v) is 4.38. The lowest BCUT2D eigenvalue weighted by molar-refractivity contribution is 0.288. The van der Waals surface area contributed by atoms with Crippen LogP contribution in [0.1, 0.15) is 24.1 Å². The molecule has 1 aliphatic rings. The second kappa shape index (κ2) is 6.10. The van der Waals surface area contributed by atoms with Crippen molar-refractivity contribution >= 4 is 11.6 Å². The molecule has 0 aliphatic carbocycles. The average Bonchev–Trinajstić information content (AvgIpc) is 3.29. The van der Waals surface area contributed by atoms with Crippen LogP contribution in [0, 0.1) is 0 Å². The van der Waals surface area contributed by atoms with Gasteiger partial charge in [-0.2, -0.15) is 5.21 Å². The summed E-state index contributed by atoms with van der Waals surface area (Å²) in [4.78, 5) is 6.65. The minimum absolute atomic E-state index is 0.312. The number of nitrogens with zero attached hydrogens (tertiary/aromatic N) is 5. The zero-order valence-corrected chi connectivity index (χ0v) is 13.1. The molecule has 1 atom stereocenters. The van der Waals surface area contributed by atoms with Gasteiger partial charge in [0.15, 0.2) is 11.6 Å². The number of hydrogen-bond acceptors (Lipinski definition) is 6.